The van der Waals surface area contributed by atoms with Gasteiger partial charge in [0.15, 0.2) is 6.61 Å². The van der Waals surface area contributed by atoms with Gasteiger partial charge in [0.05, 0.1) is 5.69 Å². The van der Waals surface area contributed by atoms with Crippen molar-refractivity contribution in [3.8, 4) is 0 Å². The van der Waals surface area contributed by atoms with E-state index in [2.05, 4.69) is 10.5 Å². The summed E-state index contributed by atoms with van der Waals surface area (Å²) in [7, 11) is 0. The highest BCUT2D eigenvalue weighted by atomic mass is 19.1. The van der Waals surface area contributed by atoms with Gasteiger partial charge < -0.3 is 9.26 Å². The molecular weight excluding hydrogens is 327 g/mol. The zero-order chi connectivity index (χ0) is 18.4. The first kappa shape index (κ1) is 18.4. The van der Waals surface area contributed by atoms with Crippen molar-refractivity contribution in [1.82, 2.24) is 5.16 Å². The van der Waals surface area contributed by atoms with E-state index in [0.29, 0.717) is 11.3 Å². The number of amides is 1. The SMILES string of the molecule is CC(C)(C)c1cc(NC(=O)COC(=O)/C=C/c2ccc(F)cc2)on1. The molecule has 1 heterocycles. The molecule has 1 aromatic heterocycles. The van der Waals surface area contributed by atoms with Crippen molar-refractivity contribution in [3.05, 3.63) is 53.5 Å². The molecular formula is C18H19FN2O4. The third-order valence-electron chi connectivity index (χ3n) is 3.17. The lowest BCUT2D eigenvalue weighted by molar-refractivity contribution is -0.142. The van der Waals surface area contributed by atoms with E-state index in [0.717, 1.165) is 6.08 Å². The first-order chi connectivity index (χ1) is 11.7. The van der Waals surface area contributed by atoms with E-state index in [1.54, 1.807) is 6.07 Å². The Kier molecular flexibility index (Phi) is 5.69. The number of hydrogen-bond acceptors (Lipinski definition) is 5. The van der Waals surface area contributed by atoms with E-state index in [9.17, 15) is 14.0 Å². The Balaban J connectivity index is 1.80. The number of carbonyl (C=O) groups excluding carboxylic acids is 2. The second-order valence-electron chi connectivity index (χ2n) is 6.37. The summed E-state index contributed by atoms with van der Waals surface area (Å²) in [5.74, 6) is -1.40. The first-order valence-corrected chi connectivity index (χ1v) is 7.61. The lowest BCUT2D eigenvalue weighted by Crippen LogP contribution is -2.19. The second kappa shape index (κ2) is 7.74. The number of esters is 1. The number of halogens is 1. The van der Waals surface area contributed by atoms with Gasteiger partial charge in [-0.25, -0.2) is 9.18 Å². The van der Waals surface area contributed by atoms with Crippen LogP contribution in [0.1, 0.15) is 32.0 Å². The maximum atomic E-state index is 12.8. The van der Waals surface area contributed by atoms with E-state index < -0.39 is 18.5 Å². The molecule has 1 N–H and O–H groups in total. The Morgan fingerprint density at radius 2 is 1.96 bits per heavy atom. The zero-order valence-corrected chi connectivity index (χ0v) is 14.2. The number of rotatable bonds is 5. The average molecular weight is 346 g/mol. The predicted octanol–water partition coefficient (Wildman–Crippen LogP) is 3.31. The Labute approximate surface area is 144 Å². The predicted molar refractivity (Wildman–Crippen MR) is 90.2 cm³/mol. The van der Waals surface area contributed by atoms with Crippen LogP contribution in [0.2, 0.25) is 0 Å². The van der Waals surface area contributed by atoms with E-state index in [1.807, 2.05) is 20.8 Å². The van der Waals surface area contributed by atoms with Crippen LogP contribution in [0.3, 0.4) is 0 Å². The van der Waals surface area contributed by atoms with Gasteiger partial charge in [-0.3, -0.25) is 10.1 Å². The minimum atomic E-state index is -0.688. The summed E-state index contributed by atoms with van der Waals surface area (Å²) in [6.45, 7) is 5.43. The fourth-order valence-corrected chi connectivity index (χ4v) is 1.78. The normalized spacial score (nSPS) is 11.5. The van der Waals surface area contributed by atoms with Crippen LogP contribution in [0.5, 0.6) is 0 Å². The van der Waals surface area contributed by atoms with Crippen molar-refractivity contribution in [2.24, 2.45) is 0 Å². The molecule has 132 valence electrons. The van der Waals surface area contributed by atoms with Gasteiger partial charge in [-0.15, -0.1) is 0 Å². The monoisotopic (exact) mass is 346 g/mol. The number of nitrogens with zero attached hydrogens (tertiary/aromatic N) is 1. The molecule has 0 unspecified atom stereocenters. The standard InChI is InChI=1S/C18H19FN2O4/c1-18(2,3)14-10-16(25-21-14)20-15(22)11-24-17(23)9-6-12-4-7-13(19)8-5-12/h4-10H,11H2,1-3H3,(H,20,22)/b9-6+. The van der Waals surface area contributed by atoms with Crippen LogP contribution in [0.15, 0.2) is 40.9 Å². The van der Waals surface area contributed by atoms with Crippen LogP contribution in [-0.4, -0.2) is 23.6 Å². The van der Waals surface area contributed by atoms with Crippen LogP contribution in [0, 0.1) is 5.82 Å². The van der Waals surface area contributed by atoms with Gasteiger partial charge in [-0.05, 0) is 23.8 Å². The quantitative estimate of drug-likeness (QED) is 0.663. The number of ether oxygens (including phenoxy) is 1. The molecule has 2 aromatic rings. The molecule has 25 heavy (non-hydrogen) atoms. The molecule has 7 heteroatoms. The van der Waals surface area contributed by atoms with Crippen LogP contribution >= 0.6 is 0 Å². The van der Waals surface area contributed by atoms with Gasteiger partial charge in [0.25, 0.3) is 5.91 Å². The number of hydrogen-bond donors (Lipinski definition) is 1. The van der Waals surface area contributed by atoms with Gasteiger partial charge in [-0.1, -0.05) is 38.1 Å². The molecule has 6 nitrogen and oxygen atoms in total. The summed E-state index contributed by atoms with van der Waals surface area (Å²) in [5, 5.41) is 6.33. The molecule has 2 rings (SSSR count). The van der Waals surface area contributed by atoms with Crippen molar-refractivity contribution in [2.45, 2.75) is 26.2 Å². The largest absolute Gasteiger partial charge is 0.452 e. The lowest BCUT2D eigenvalue weighted by atomic mass is 9.92. The van der Waals surface area contributed by atoms with Gasteiger partial charge in [0.2, 0.25) is 5.88 Å². The van der Waals surface area contributed by atoms with E-state index in [-0.39, 0.29) is 17.1 Å². The van der Waals surface area contributed by atoms with E-state index in [4.69, 9.17) is 9.26 Å². The van der Waals surface area contributed by atoms with E-state index >= 15 is 0 Å². The van der Waals surface area contributed by atoms with Gasteiger partial charge in [0.1, 0.15) is 5.82 Å². The van der Waals surface area contributed by atoms with Gasteiger partial charge in [-0.2, -0.15) is 0 Å². The number of benzene rings is 1. The second-order valence-corrected chi connectivity index (χ2v) is 6.37. The fourth-order valence-electron chi connectivity index (χ4n) is 1.78. The maximum Gasteiger partial charge on any atom is 0.331 e. The zero-order valence-electron chi connectivity index (χ0n) is 14.2. The Morgan fingerprint density at radius 3 is 2.56 bits per heavy atom. The van der Waals surface area contributed by atoms with Crippen LogP contribution in [0.4, 0.5) is 10.3 Å². The van der Waals surface area contributed by atoms with Crippen molar-refractivity contribution in [3.63, 3.8) is 0 Å². The Bertz CT molecular complexity index is 773. The summed E-state index contributed by atoms with van der Waals surface area (Å²) in [5.41, 5.74) is 1.13. The van der Waals surface area contributed by atoms with Crippen molar-refractivity contribution >= 4 is 23.8 Å². The maximum absolute atomic E-state index is 12.8. The molecule has 0 spiro atoms. The minimum absolute atomic E-state index is 0.188. The number of aromatic nitrogens is 1. The molecule has 0 aliphatic heterocycles. The van der Waals surface area contributed by atoms with Crippen molar-refractivity contribution in [2.75, 3.05) is 11.9 Å². The highest BCUT2D eigenvalue weighted by Gasteiger charge is 2.19. The van der Waals surface area contributed by atoms with Crippen LogP contribution in [-0.2, 0) is 19.7 Å². The molecule has 0 saturated carbocycles. The molecule has 0 saturated heterocycles. The third-order valence-corrected chi connectivity index (χ3v) is 3.17. The fraction of sp³-hybridized carbons (Fsp3) is 0.278. The molecule has 1 aromatic carbocycles. The molecule has 0 atom stereocenters. The highest BCUT2D eigenvalue weighted by Crippen LogP contribution is 2.23. The third kappa shape index (κ3) is 5.87. The van der Waals surface area contributed by atoms with Crippen molar-refractivity contribution in [1.29, 1.82) is 0 Å². The minimum Gasteiger partial charge on any atom is -0.452 e. The van der Waals surface area contributed by atoms with E-state index in [1.165, 1.54) is 30.3 Å². The molecule has 0 aliphatic carbocycles. The molecule has 0 bridgehead atoms. The van der Waals surface area contributed by atoms with Gasteiger partial charge >= 0.3 is 5.97 Å². The molecule has 1 amide bonds. The average Bonchev–Trinajstić information content (AvgIpc) is 3.01. The van der Waals surface area contributed by atoms with Crippen molar-refractivity contribution < 1.29 is 23.2 Å². The van der Waals surface area contributed by atoms with Gasteiger partial charge in [0, 0.05) is 17.6 Å². The molecule has 0 fully saturated rings. The Morgan fingerprint density at radius 1 is 1.28 bits per heavy atom. The lowest BCUT2D eigenvalue weighted by Gasteiger charge is -2.12. The summed E-state index contributed by atoms with van der Waals surface area (Å²) >= 11 is 0. The molecule has 0 radical (unpaired) electrons. The topological polar surface area (TPSA) is 81.4 Å². The summed E-state index contributed by atoms with van der Waals surface area (Å²) in [6, 6.07) is 7.21. The summed E-state index contributed by atoms with van der Waals surface area (Å²) < 4.78 is 22.6. The Hall–Kier alpha value is -2.96. The highest BCUT2D eigenvalue weighted by molar-refractivity contribution is 5.93. The summed E-state index contributed by atoms with van der Waals surface area (Å²) in [4.78, 5) is 23.3. The first-order valence-electron chi connectivity index (χ1n) is 7.61. The molecule has 0 aliphatic rings. The number of anilines is 1. The van der Waals surface area contributed by atoms with Crippen LogP contribution in [0.25, 0.3) is 6.08 Å². The summed E-state index contributed by atoms with van der Waals surface area (Å²) in [6.07, 6.45) is 2.62. The smallest absolute Gasteiger partial charge is 0.331 e. The number of carbonyl (C=O) groups is 2. The van der Waals surface area contributed by atoms with Crippen LogP contribution < -0.4 is 5.32 Å². The number of nitrogens with one attached hydrogen (secondary N) is 1.